The first-order valence-electron chi connectivity index (χ1n) is 6.94. The van der Waals surface area contributed by atoms with Crippen LogP contribution in [0.4, 0.5) is 9.52 Å². The molecule has 0 unspecified atom stereocenters. The van der Waals surface area contributed by atoms with Gasteiger partial charge in [0.05, 0.1) is 10.2 Å². The Morgan fingerprint density at radius 3 is 2.96 bits per heavy atom. The van der Waals surface area contributed by atoms with Gasteiger partial charge in [0.25, 0.3) is 5.91 Å². The zero-order valence-corrected chi connectivity index (χ0v) is 12.6. The molecule has 0 spiro atoms. The van der Waals surface area contributed by atoms with Crippen LogP contribution in [0.5, 0.6) is 11.5 Å². The van der Waals surface area contributed by atoms with Crippen molar-refractivity contribution in [3.63, 3.8) is 0 Å². The zero-order valence-electron chi connectivity index (χ0n) is 11.8. The summed E-state index contributed by atoms with van der Waals surface area (Å²) in [5.74, 6) is 0.468. The van der Waals surface area contributed by atoms with Gasteiger partial charge < -0.3 is 9.47 Å². The van der Waals surface area contributed by atoms with Crippen LogP contribution in [-0.4, -0.2) is 23.6 Å². The second kappa shape index (κ2) is 5.51. The molecule has 2 aromatic carbocycles. The molecule has 1 aromatic heterocycles. The van der Waals surface area contributed by atoms with E-state index in [0.29, 0.717) is 26.8 Å². The first-order chi connectivity index (χ1) is 11.2. The molecular weight excluding hydrogens is 319 g/mol. The minimum atomic E-state index is -0.756. The molecule has 0 saturated heterocycles. The van der Waals surface area contributed by atoms with Gasteiger partial charge in [0.15, 0.2) is 16.6 Å². The minimum absolute atomic E-state index is 0.127. The van der Waals surface area contributed by atoms with E-state index in [1.165, 1.54) is 23.5 Å². The van der Waals surface area contributed by atoms with Crippen molar-refractivity contribution in [3.8, 4) is 11.5 Å². The number of rotatable bonds is 2. The van der Waals surface area contributed by atoms with Crippen LogP contribution in [-0.2, 0) is 4.79 Å². The molecule has 0 fully saturated rings. The van der Waals surface area contributed by atoms with E-state index < -0.39 is 6.10 Å². The molecule has 1 N–H and O–H groups in total. The van der Waals surface area contributed by atoms with E-state index in [0.717, 1.165) is 0 Å². The van der Waals surface area contributed by atoms with Crippen molar-refractivity contribution in [2.75, 3.05) is 11.9 Å². The summed E-state index contributed by atoms with van der Waals surface area (Å²) in [6.07, 6.45) is -0.756. The van der Waals surface area contributed by atoms with Crippen LogP contribution in [0.3, 0.4) is 0 Å². The third kappa shape index (κ3) is 2.70. The summed E-state index contributed by atoms with van der Waals surface area (Å²) in [5.41, 5.74) is 0.637. The lowest BCUT2D eigenvalue weighted by atomic mass is 10.2. The molecule has 2 heterocycles. The predicted molar refractivity (Wildman–Crippen MR) is 84.6 cm³/mol. The Hall–Kier alpha value is -2.67. The monoisotopic (exact) mass is 330 g/mol. The van der Waals surface area contributed by atoms with E-state index in [9.17, 15) is 9.18 Å². The maximum absolute atomic E-state index is 13.2. The van der Waals surface area contributed by atoms with Gasteiger partial charge >= 0.3 is 0 Å². The maximum atomic E-state index is 13.2. The average Bonchev–Trinajstić information content (AvgIpc) is 2.95. The number of benzene rings is 2. The Morgan fingerprint density at radius 1 is 1.26 bits per heavy atom. The lowest BCUT2D eigenvalue weighted by Crippen LogP contribution is -2.40. The Kier molecular flexibility index (Phi) is 3.34. The highest BCUT2D eigenvalue weighted by molar-refractivity contribution is 7.22. The smallest absolute Gasteiger partial charge is 0.270 e. The summed E-state index contributed by atoms with van der Waals surface area (Å²) in [6.45, 7) is 0.127. The highest BCUT2D eigenvalue weighted by atomic mass is 32.1. The molecule has 1 atom stereocenters. The maximum Gasteiger partial charge on any atom is 0.270 e. The highest BCUT2D eigenvalue weighted by Crippen LogP contribution is 2.31. The molecule has 1 amide bonds. The van der Waals surface area contributed by atoms with E-state index in [1.54, 1.807) is 18.2 Å². The van der Waals surface area contributed by atoms with E-state index in [-0.39, 0.29) is 18.3 Å². The summed E-state index contributed by atoms with van der Waals surface area (Å²) < 4.78 is 25.0. The number of ether oxygens (including phenoxy) is 2. The summed E-state index contributed by atoms with van der Waals surface area (Å²) in [5, 5.41) is 3.09. The van der Waals surface area contributed by atoms with Crippen molar-refractivity contribution >= 4 is 32.6 Å². The molecule has 5 nitrogen and oxygen atoms in total. The van der Waals surface area contributed by atoms with Crippen LogP contribution < -0.4 is 14.8 Å². The summed E-state index contributed by atoms with van der Waals surface area (Å²) in [6, 6.07) is 11.5. The van der Waals surface area contributed by atoms with Crippen LogP contribution in [0.1, 0.15) is 0 Å². The number of halogens is 1. The number of hydrogen-bond donors (Lipinski definition) is 1. The van der Waals surface area contributed by atoms with Crippen molar-refractivity contribution in [1.29, 1.82) is 0 Å². The molecule has 1 aliphatic heterocycles. The van der Waals surface area contributed by atoms with Crippen LogP contribution in [0, 0.1) is 5.82 Å². The molecule has 4 rings (SSSR count). The van der Waals surface area contributed by atoms with Crippen molar-refractivity contribution in [2.45, 2.75) is 6.10 Å². The first kappa shape index (κ1) is 14.0. The molecular formula is C16H11FN2O3S. The van der Waals surface area contributed by atoms with E-state index in [2.05, 4.69) is 10.3 Å². The van der Waals surface area contributed by atoms with Gasteiger partial charge in [0.1, 0.15) is 12.4 Å². The predicted octanol–water partition coefficient (Wildman–Crippen LogP) is 3.21. The van der Waals surface area contributed by atoms with E-state index in [4.69, 9.17) is 9.47 Å². The van der Waals surface area contributed by atoms with Gasteiger partial charge in [0.2, 0.25) is 6.10 Å². The van der Waals surface area contributed by atoms with Crippen molar-refractivity contribution in [2.24, 2.45) is 0 Å². The number of fused-ring (bicyclic) bond motifs is 2. The SMILES string of the molecule is O=C(Nc1nc2ccc(F)cc2s1)[C@H]1COc2ccccc2O1. The number of anilines is 1. The molecule has 116 valence electrons. The topological polar surface area (TPSA) is 60.5 Å². The van der Waals surface area contributed by atoms with Crippen molar-refractivity contribution in [3.05, 3.63) is 48.3 Å². The second-order valence-corrected chi connectivity index (χ2v) is 6.02. The Labute approximate surface area is 134 Å². The molecule has 0 saturated carbocycles. The van der Waals surface area contributed by atoms with E-state index in [1.807, 2.05) is 12.1 Å². The van der Waals surface area contributed by atoms with Crippen molar-refractivity contribution < 1.29 is 18.7 Å². The fourth-order valence-corrected chi connectivity index (χ4v) is 3.18. The number of hydrogen-bond acceptors (Lipinski definition) is 5. The fraction of sp³-hybridized carbons (Fsp3) is 0.125. The molecule has 23 heavy (non-hydrogen) atoms. The Morgan fingerprint density at radius 2 is 2.09 bits per heavy atom. The number of nitrogens with one attached hydrogen (secondary N) is 1. The Balaban J connectivity index is 1.51. The second-order valence-electron chi connectivity index (χ2n) is 4.98. The van der Waals surface area contributed by atoms with Crippen LogP contribution in [0.25, 0.3) is 10.2 Å². The number of para-hydroxylation sites is 2. The molecule has 3 aromatic rings. The standard InChI is InChI=1S/C16H11FN2O3S/c17-9-5-6-10-14(7-9)23-16(18-10)19-15(20)13-8-21-11-3-1-2-4-12(11)22-13/h1-7,13H,8H2,(H,18,19,20)/t13-/m1/s1. The molecule has 1 aliphatic rings. The number of thiazole rings is 1. The van der Waals surface area contributed by atoms with Gasteiger partial charge in [-0.15, -0.1) is 0 Å². The van der Waals surface area contributed by atoms with Crippen LogP contribution in [0.2, 0.25) is 0 Å². The highest BCUT2D eigenvalue weighted by Gasteiger charge is 2.27. The average molecular weight is 330 g/mol. The lowest BCUT2D eigenvalue weighted by Gasteiger charge is -2.25. The number of carbonyl (C=O) groups is 1. The third-order valence-corrected chi connectivity index (χ3v) is 4.32. The molecule has 0 aliphatic carbocycles. The third-order valence-electron chi connectivity index (χ3n) is 3.38. The molecule has 0 bridgehead atoms. The quantitative estimate of drug-likeness (QED) is 0.784. The van der Waals surface area contributed by atoms with Crippen molar-refractivity contribution in [1.82, 2.24) is 4.98 Å². The summed E-state index contributed by atoms with van der Waals surface area (Å²) in [7, 11) is 0. The van der Waals surface area contributed by atoms with Crippen LogP contribution >= 0.6 is 11.3 Å². The normalized spacial score (nSPS) is 16.3. The summed E-state index contributed by atoms with van der Waals surface area (Å²) in [4.78, 5) is 16.6. The Bertz CT molecular complexity index is 896. The minimum Gasteiger partial charge on any atom is -0.485 e. The van der Waals surface area contributed by atoms with Gasteiger partial charge in [-0.05, 0) is 30.3 Å². The number of amides is 1. The zero-order chi connectivity index (χ0) is 15.8. The number of carbonyl (C=O) groups excluding carboxylic acids is 1. The molecule has 0 radical (unpaired) electrons. The number of nitrogens with zero attached hydrogens (tertiary/aromatic N) is 1. The van der Waals surface area contributed by atoms with Gasteiger partial charge in [-0.3, -0.25) is 10.1 Å². The van der Waals surface area contributed by atoms with Gasteiger partial charge in [-0.2, -0.15) is 0 Å². The molecule has 7 heteroatoms. The van der Waals surface area contributed by atoms with Gasteiger partial charge in [-0.25, -0.2) is 9.37 Å². The van der Waals surface area contributed by atoms with Crippen LogP contribution in [0.15, 0.2) is 42.5 Å². The first-order valence-corrected chi connectivity index (χ1v) is 7.76. The summed E-state index contributed by atoms with van der Waals surface area (Å²) >= 11 is 1.21. The largest absolute Gasteiger partial charge is 0.485 e. The van der Waals surface area contributed by atoms with Gasteiger partial charge in [-0.1, -0.05) is 23.5 Å². The fourth-order valence-electron chi connectivity index (χ4n) is 2.29. The van der Waals surface area contributed by atoms with E-state index >= 15 is 0 Å². The van der Waals surface area contributed by atoms with Gasteiger partial charge in [0, 0.05) is 0 Å². The lowest BCUT2D eigenvalue weighted by molar-refractivity contribution is -0.125. The number of aromatic nitrogens is 1.